The molecule has 2 heterocycles. The number of thioether (sulfide) groups is 1. The van der Waals surface area contributed by atoms with Gasteiger partial charge in [-0.25, -0.2) is 0 Å². The van der Waals surface area contributed by atoms with E-state index in [1.165, 1.54) is 0 Å². The largest absolute Gasteiger partial charge is 0.497 e. The quantitative estimate of drug-likeness (QED) is 0.678. The Bertz CT molecular complexity index is 714. The molecule has 2 aromatic heterocycles. The van der Waals surface area contributed by atoms with Gasteiger partial charge in [0.25, 0.3) is 0 Å². The second kappa shape index (κ2) is 6.41. The van der Waals surface area contributed by atoms with Crippen LogP contribution in [0, 0.1) is 0 Å². The molecule has 0 spiro atoms. The number of nitrogens with zero attached hydrogens (tertiary/aromatic N) is 4. The number of methoxy groups -OCH3 is 1. The summed E-state index contributed by atoms with van der Waals surface area (Å²) in [7, 11) is 1.65. The van der Waals surface area contributed by atoms with Gasteiger partial charge in [0, 0.05) is 18.0 Å². The Morgan fingerprint density at radius 1 is 1.19 bits per heavy atom. The standard InChI is InChI=1S/C15H14N4OS/c1-20-14-7-4-6-13(9-14)19-11-17-18-15(19)21-10-12-5-2-3-8-16-12/h2-9,11H,10H2,1H3. The molecule has 0 N–H and O–H groups in total. The number of ether oxygens (including phenoxy) is 1. The van der Waals surface area contributed by atoms with Gasteiger partial charge in [-0.05, 0) is 24.3 Å². The van der Waals surface area contributed by atoms with Crippen molar-refractivity contribution in [2.75, 3.05) is 7.11 Å². The number of pyridine rings is 1. The third kappa shape index (κ3) is 3.22. The molecule has 5 nitrogen and oxygen atoms in total. The van der Waals surface area contributed by atoms with Crippen LogP contribution in [0.3, 0.4) is 0 Å². The van der Waals surface area contributed by atoms with Gasteiger partial charge < -0.3 is 4.74 Å². The van der Waals surface area contributed by atoms with Crippen LogP contribution in [0.4, 0.5) is 0 Å². The lowest BCUT2D eigenvalue weighted by Crippen LogP contribution is -1.96. The van der Waals surface area contributed by atoms with Crippen LogP contribution >= 0.6 is 11.8 Å². The number of benzene rings is 1. The maximum atomic E-state index is 5.25. The molecule has 0 radical (unpaired) electrons. The average Bonchev–Trinajstić information content (AvgIpc) is 3.02. The minimum atomic E-state index is 0.753. The van der Waals surface area contributed by atoms with Crippen molar-refractivity contribution in [3.05, 3.63) is 60.7 Å². The van der Waals surface area contributed by atoms with Crippen LogP contribution in [-0.4, -0.2) is 26.9 Å². The topological polar surface area (TPSA) is 52.8 Å². The number of hydrogen-bond acceptors (Lipinski definition) is 5. The third-order valence-corrected chi connectivity index (χ3v) is 3.90. The fraction of sp³-hybridized carbons (Fsp3) is 0.133. The SMILES string of the molecule is COc1cccc(-n2cnnc2SCc2ccccn2)c1. The monoisotopic (exact) mass is 298 g/mol. The fourth-order valence-corrected chi connectivity index (χ4v) is 2.73. The molecule has 0 aliphatic rings. The van der Waals surface area contributed by atoms with Crippen LogP contribution in [-0.2, 0) is 5.75 Å². The van der Waals surface area contributed by atoms with E-state index in [0.717, 1.165) is 28.0 Å². The Hall–Kier alpha value is -2.34. The summed E-state index contributed by atoms with van der Waals surface area (Å²) < 4.78 is 7.19. The molecule has 6 heteroatoms. The van der Waals surface area contributed by atoms with Gasteiger partial charge in [-0.2, -0.15) is 0 Å². The summed E-state index contributed by atoms with van der Waals surface area (Å²) in [6.45, 7) is 0. The van der Waals surface area contributed by atoms with Crippen molar-refractivity contribution in [2.24, 2.45) is 0 Å². The van der Waals surface area contributed by atoms with E-state index in [9.17, 15) is 0 Å². The number of hydrogen-bond donors (Lipinski definition) is 0. The second-order valence-electron chi connectivity index (χ2n) is 4.29. The van der Waals surface area contributed by atoms with Crippen LogP contribution in [0.15, 0.2) is 60.1 Å². The Kier molecular flexibility index (Phi) is 4.16. The van der Waals surface area contributed by atoms with Crippen molar-refractivity contribution in [3.63, 3.8) is 0 Å². The Morgan fingerprint density at radius 3 is 2.95 bits per heavy atom. The van der Waals surface area contributed by atoms with E-state index < -0.39 is 0 Å². The molecule has 3 aromatic rings. The maximum absolute atomic E-state index is 5.25. The maximum Gasteiger partial charge on any atom is 0.195 e. The molecule has 0 amide bonds. The highest BCUT2D eigenvalue weighted by atomic mass is 32.2. The highest BCUT2D eigenvalue weighted by Gasteiger charge is 2.08. The summed E-state index contributed by atoms with van der Waals surface area (Å²) >= 11 is 1.60. The summed E-state index contributed by atoms with van der Waals surface area (Å²) in [5, 5.41) is 9.00. The molecule has 0 fully saturated rings. The molecule has 0 aliphatic carbocycles. The van der Waals surface area contributed by atoms with Gasteiger partial charge in [0.05, 0.1) is 18.5 Å². The van der Waals surface area contributed by atoms with Crippen molar-refractivity contribution < 1.29 is 4.74 Å². The highest BCUT2D eigenvalue weighted by Crippen LogP contribution is 2.24. The molecule has 0 atom stereocenters. The van der Waals surface area contributed by atoms with Crippen LogP contribution in [0.25, 0.3) is 5.69 Å². The zero-order valence-electron chi connectivity index (χ0n) is 11.5. The summed E-state index contributed by atoms with van der Waals surface area (Å²) in [4.78, 5) is 4.31. The average molecular weight is 298 g/mol. The minimum absolute atomic E-state index is 0.753. The molecular weight excluding hydrogens is 284 g/mol. The van der Waals surface area contributed by atoms with E-state index in [2.05, 4.69) is 15.2 Å². The van der Waals surface area contributed by atoms with Crippen LogP contribution in [0.2, 0.25) is 0 Å². The predicted molar refractivity (Wildman–Crippen MR) is 81.7 cm³/mol. The zero-order chi connectivity index (χ0) is 14.5. The molecule has 1 aromatic carbocycles. The molecule has 0 bridgehead atoms. The van der Waals surface area contributed by atoms with Crippen LogP contribution in [0.1, 0.15) is 5.69 Å². The van der Waals surface area contributed by atoms with E-state index in [1.807, 2.05) is 47.0 Å². The van der Waals surface area contributed by atoms with E-state index in [1.54, 1.807) is 31.4 Å². The summed E-state index contributed by atoms with van der Waals surface area (Å²) in [6, 6.07) is 13.7. The molecule has 0 unspecified atom stereocenters. The molecule has 0 saturated carbocycles. The van der Waals surface area contributed by atoms with Crippen molar-refractivity contribution in [3.8, 4) is 11.4 Å². The predicted octanol–water partition coefficient (Wildman–Crippen LogP) is 2.96. The number of rotatable bonds is 5. The van der Waals surface area contributed by atoms with Crippen LogP contribution in [0.5, 0.6) is 5.75 Å². The lowest BCUT2D eigenvalue weighted by atomic mass is 10.3. The molecule has 3 rings (SSSR count). The van der Waals surface area contributed by atoms with Gasteiger partial charge in [0.1, 0.15) is 12.1 Å². The molecule has 106 valence electrons. The van der Waals surface area contributed by atoms with Crippen molar-refractivity contribution in [1.82, 2.24) is 19.7 Å². The minimum Gasteiger partial charge on any atom is -0.497 e. The van der Waals surface area contributed by atoms with E-state index >= 15 is 0 Å². The molecular formula is C15H14N4OS. The smallest absolute Gasteiger partial charge is 0.195 e. The zero-order valence-corrected chi connectivity index (χ0v) is 12.3. The molecule has 0 saturated heterocycles. The van der Waals surface area contributed by atoms with Crippen molar-refractivity contribution in [1.29, 1.82) is 0 Å². The summed E-state index contributed by atoms with van der Waals surface area (Å²) in [6.07, 6.45) is 3.50. The fourth-order valence-electron chi connectivity index (χ4n) is 1.88. The Balaban J connectivity index is 1.80. The lowest BCUT2D eigenvalue weighted by molar-refractivity contribution is 0.414. The third-order valence-electron chi connectivity index (χ3n) is 2.92. The normalized spacial score (nSPS) is 10.5. The van der Waals surface area contributed by atoms with E-state index in [4.69, 9.17) is 4.74 Å². The summed E-state index contributed by atoms with van der Waals surface area (Å²) in [5.41, 5.74) is 1.99. The first kappa shape index (κ1) is 13.6. The van der Waals surface area contributed by atoms with Gasteiger partial charge in [-0.3, -0.25) is 9.55 Å². The van der Waals surface area contributed by atoms with Gasteiger partial charge in [0.15, 0.2) is 5.16 Å². The van der Waals surface area contributed by atoms with Gasteiger partial charge in [0.2, 0.25) is 0 Å². The molecule has 0 aliphatic heterocycles. The second-order valence-corrected chi connectivity index (χ2v) is 5.24. The Morgan fingerprint density at radius 2 is 2.14 bits per heavy atom. The highest BCUT2D eigenvalue weighted by molar-refractivity contribution is 7.98. The number of aromatic nitrogens is 4. The van der Waals surface area contributed by atoms with E-state index in [-0.39, 0.29) is 0 Å². The first-order chi connectivity index (χ1) is 10.4. The van der Waals surface area contributed by atoms with Crippen LogP contribution < -0.4 is 4.74 Å². The molecule has 21 heavy (non-hydrogen) atoms. The first-order valence-electron chi connectivity index (χ1n) is 6.44. The van der Waals surface area contributed by atoms with Crippen molar-refractivity contribution >= 4 is 11.8 Å². The Labute approximate surface area is 127 Å². The lowest BCUT2D eigenvalue weighted by Gasteiger charge is -2.07. The van der Waals surface area contributed by atoms with Gasteiger partial charge in [-0.1, -0.05) is 23.9 Å². The summed E-state index contributed by atoms with van der Waals surface area (Å²) in [5.74, 6) is 1.56. The van der Waals surface area contributed by atoms with Gasteiger partial charge >= 0.3 is 0 Å². The van der Waals surface area contributed by atoms with Gasteiger partial charge in [-0.15, -0.1) is 10.2 Å². The van der Waals surface area contributed by atoms with E-state index in [0.29, 0.717) is 0 Å². The first-order valence-corrected chi connectivity index (χ1v) is 7.42. The van der Waals surface area contributed by atoms with Crippen molar-refractivity contribution in [2.45, 2.75) is 10.9 Å².